The van der Waals surface area contributed by atoms with Crippen LogP contribution in [0.3, 0.4) is 0 Å². The topological polar surface area (TPSA) is 56.9 Å². The van der Waals surface area contributed by atoms with E-state index >= 15 is 0 Å². The van der Waals surface area contributed by atoms with E-state index in [1.54, 1.807) is 0 Å². The highest BCUT2D eigenvalue weighted by Gasteiger charge is 2.20. The third-order valence-corrected chi connectivity index (χ3v) is 5.39. The number of hydrogen-bond donors (Lipinski definition) is 0. The van der Waals surface area contributed by atoms with Crippen molar-refractivity contribution in [3.05, 3.63) is 80.0 Å². The molecule has 0 atom stereocenters. The normalized spacial score (nSPS) is 11.4. The van der Waals surface area contributed by atoms with Gasteiger partial charge in [-0.2, -0.15) is 4.98 Å². The molecule has 0 unspecified atom stereocenters. The van der Waals surface area contributed by atoms with Gasteiger partial charge in [0.1, 0.15) is 0 Å². The van der Waals surface area contributed by atoms with E-state index in [1.807, 2.05) is 66.9 Å². The molecular formula is C22H20ClN3O2. The van der Waals surface area contributed by atoms with Crippen LogP contribution in [0.4, 0.5) is 0 Å². The largest absolute Gasteiger partial charge is 0.352 e. The van der Waals surface area contributed by atoms with Gasteiger partial charge in [-0.25, -0.2) is 4.79 Å². The Balaban J connectivity index is 2.13. The summed E-state index contributed by atoms with van der Waals surface area (Å²) >= 11 is 6.35. The van der Waals surface area contributed by atoms with Gasteiger partial charge >= 0.3 is 5.69 Å². The summed E-state index contributed by atoms with van der Waals surface area (Å²) in [5.41, 5.74) is 2.16. The van der Waals surface area contributed by atoms with Crippen molar-refractivity contribution in [3.8, 4) is 17.1 Å². The second-order valence-corrected chi connectivity index (χ2v) is 7.32. The predicted octanol–water partition coefficient (Wildman–Crippen LogP) is 4.41. The smallest absolute Gasteiger partial charge is 0.294 e. The molecule has 28 heavy (non-hydrogen) atoms. The highest BCUT2D eigenvalue weighted by molar-refractivity contribution is 6.31. The first kappa shape index (κ1) is 18.4. The number of aromatic nitrogens is 3. The molecule has 2 aliphatic heterocycles. The van der Waals surface area contributed by atoms with Crippen LogP contribution >= 0.6 is 11.6 Å². The van der Waals surface area contributed by atoms with Crippen molar-refractivity contribution in [2.45, 2.75) is 33.2 Å². The molecule has 4 rings (SSSR count). The molecule has 0 aliphatic carbocycles. The van der Waals surface area contributed by atoms with E-state index in [4.69, 9.17) is 11.6 Å². The van der Waals surface area contributed by atoms with Gasteiger partial charge in [-0.05, 0) is 48.6 Å². The third-order valence-electron chi connectivity index (χ3n) is 4.99. The molecule has 2 aromatic rings. The van der Waals surface area contributed by atoms with E-state index in [1.165, 1.54) is 4.57 Å². The Morgan fingerprint density at radius 2 is 1.86 bits per heavy atom. The number of pyridine rings is 1. The minimum atomic E-state index is -0.520. The molecule has 6 heteroatoms. The highest BCUT2D eigenvalue weighted by Crippen LogP contribution is 2.29. The van der Waals surface area contributed by atoms with Gasteiger partial charge in [0.25, 0.3) is 5.56 Å². The SMILES string of the molecule is CCCCn1c(=O)nc2n(-c3ccc(C)c(Cl)c3)c3ccccc3cc-2c1=O. The fourth-order valence-corrected chi connectivity index (χ4v) is 3.59. The van der Waals surface area contributed by atoms with Gasteiger partial charge < -0.3 is 0 Å². The molecule has 2 heterocycles. The first-order valence-corrected chi connectivity index (χ1v) is 9.71. The van der Waals surface area contributed by atoms with Crippen molar-refractivity contribution < 1.29 is 0 Å². The second kappa shape index (κ2) is 7.24. The average molecular weight is 394 g/mol. The van der Waals surface area contributed by atoms with Gasteiger partial charge in [0.15, 0.2) is 5.82 Å². The van der Waals surface area contributed by atoms with Crippen molar-refractivity contribution >= 4 is 22.5 Å². The lowest BCUT2D eigenvalue weighted by molar-refractivity contribution is 0.582. The highest BCUT2D eigenvalue weighted by atomic mass is 35.5. The number of rotatable bonds is 4. The van der Waals surface area contributed by atoms with E-state index in [2.05, 4.69) is 4.98 Å². The van der Waals surface area contributed by atoms with E-state index in [0.29, 0.717) is 23.0 Å². The van der Waals surface area contributed by atoms with Crippen molar-refractivity contribution in [3.63, 3.8) is 0 Å². The Morgan fingerprint density at radius 3 is 2.61 bits per heavy atom. The lowest BCUT2D eigenvalue weighted by Crippen LogP contribution is -2.38. The fourth-order valence-electron chi connectivity index (χ4n) is 3.41. The second-order valence-electron chi connectivity index (χ2n) is 6.91. The molecule has 0 aromatic heterocycles. The molecule has 0 saturated heterocycles. The Labute approximate surface area is 167 Å². The lowest BCUT2D eigenvalue weighted by atomic mass is 10.1. The Morgan fingerprint density at radius 1 is 1.07 bits per heavy atom. The van der Waals surface area contributed by atoms with E-state index in [0.717, 1.165) is 35.0 Å². The van der Waals surface area contributed by atoms with Gasteiger partial charge in [-0.1, -0.05) is 49.2 Å². The number of aryl methyl sites for hydroxylation is 1. The average Bonchev–Trinajstić information content (AvgIpc) is 2.69. The van der Waals surface area contributed by atoms with Crippen LogP contribution < -0.4 is 11.2 Å². The molecule has 0 saturated carbocycles. The molecule has 5 nitrogen and oxygen atoms in total. The molecule has 2 aromatic carbocycles. The van der Waals surface area contributed by atoms with Crippen LogP contribution in [-0.4, -0.2) is 14.1 Å². The predicted molar refractivity (Wildman–Crippen MR) is 113 cm³/mol. The Kier molecular flexibility index (Phi) is 4.77. The quantitative estimate of drug-likeness (QED) is 0.482. The summed E-state index contributed by atoms with van der Waals surface area (Å²) in [6.07, 6.45) is 1.65. The standard InChI is InChI=1S/C22H20ClN3O2/c1-3-4-11-25-21(27)17-12-15-7-5-6-8-19(15)26(20(17)24-22(25)28)16-10-9-14(2)18(23)13-16/h5-10,12-13H,3-4,11H2,1-2H3. The first-order chi connectivity index (χ1) is 13.5. The van der Waals surface area contributed by atoms with Crippen molar-refractivity contribution in [2.75, 3.05) is 0 Å². The minimum absolute atomic E-state index is 0.304. The fraction of sp³-hybridized carbons (Fsp3) is 0.227. The Bertz CT molecular complexity index is 1270. The van der Waals surface area contributed by atoms with Crippen LogP contribution in [0.5, 0.6) is 0 Å². The van der Waals surface area contributed by atoms with Crippen molar-refractivity contribution in [1.29, 1.82) is 0 Å². The zero-order valence-corrected chi connectivity index (χ0v) is 16.5. The van der Waals surface area contributed by atoms with Crippen molar-refractivity contribution in [2.24, 2.45) is 0 Å². The zero-order valence-electron chi connectivity index (χ0n) is 15.8. The summed E-state index contributed by atoms with van der Waals surface area (Å²) in [5, 5.41) is 1.51. The van der Waals surface area contributed by atoms with Gasteiger partial charge in [-0.3, -0.25) is 13.9 Å². The summed E-state index contributed by atoms with van der Waals surface area (Å²) in [4.78, 5) is 30.0. The zero-order chi connectivity index (χ0) is 19.8. The van der Waals surface area contributed by atoms with Crippen LogP contribution in [0.2, 0.25) is 5.02 Å². The van der Waals surface area contributed by atoms with Gasteiger partial charge in [0.2, 0.25) is 0 Å². The summed E-state index contributed by atoms with van der Waals surface area (Å²) in [5.74, 6) is 0.348. The van der Waals surface area contributed by atoms with E-state index in [-0.39, 0.29) is 5.56 Å². The number of para-hydroxylation sites is 1. The maximum atomic E-state index is 13.1. The molecule has 0 amide bonds. The summed E-state index contributed by atoms with van der Waals surface area (Å²) in [7, 11) is 0. The van der Waals surface area contributed by atoms with Crippen LogP contribution in [-0.2, 0) is 6.54 Å². The van der Waals surface area contributed by atoms with Gasteiger partial charge in [0, 0.05) is 17.3 Å². The molecule has 0 bridgehead atoms. The maximum Gasteiger partial charge on any atom is 0.352 e. The molecule has 0 fully saturated rings. The summed E-state index contributed by atoms with van der Waals surface area (Å²) < 4.78 is 3.07. The minimum Gasteiger partial charge on any atom is -0.294 e. The number of halogens is 1. The first-order valence-electron chi connectivity index (χ1n) is 9.33. The molecule has 142 valence electrons. The number of unbranched alkanes of at least 4 members (excludes halogenated alkanes) is 1. The van der Waals surface area contributed by atoms with Crippen LogP contribution in [0, 0.1) is 6.92 Å². The van der Waals surface area contributed by atoms with Crippen LogP contribution in [0.15, 0.2) is 58.1 Å². The summed E-state index contributed by atoms with van der Waals surface area (Å²) in [6.45, 7) is 4.32. The number of benzene rings is 2. The number of nitrogens with zero attached hydrogens (tertiary/aromatic N) is 3. The monoisotopic (exact) mass is 393 g/mol. The lowest BCUT2D eigenvalue weighted by Gasteiger charge is -2.19. The molecule has 2 aliphatic rings. The third kappa shape index (κ3) is 3.02. The maximum absolute atomic E-state index is 13.1. The number of hydrogen-bond acceptors (Lipinski definition) is 3. The summed E-state index contributed by atoms with van der Waals surface area (Å²) in [6, 6.07) is 15.2. The van der Waals surface area contributed by atoms with Gasteiger partial charge in [-0.15, -0.1) is 0 Å². The van der Waals surface area contributed by atoms with Crippen LogP contribution in [0.25, 0.3) is 28.0 Å². The molecule has 0 radical (unpaired) electrons. The van der Waals surface area contributed by atoms with Crippen LogP contribution in [0.1, 0.15) is 25.3 Å². The Hall–Kier alpha value is -2.92. The molecule has 0 spiro atoms. The van der Waals surface area contributed by atoms with E-state index < -0.39 is 5.69 Å². The molecular weight excluding hydrogens is 374 g/mol. The molecule has 0 N–H and O–H groups in total. The van der Waals surface area contributed by atoms with Gasteiger partial charge in [0.05, 0.1) is 11.1 Å². The van der Waals surface area contributed by atoms with Crippen molar-refractivity contribution in [1.82, 2.24) is 14.1 Å². The van der Waals surface area contributed by atoms with E-state index in [9.17, 15) is 9.59 Å². The number of fused-ring (bicyclic) bond motifs is 2.